The Morgan fingerprint density at radius 2 is 1.10 bits per heavy atom. The van der Waals surface area contributed by atoms with Gasteiger partial charge in [0.05, 0.1) is 25.2 Å². The highest BCUT2D eigenvalue weighted by Crippen LogP contribution is 2.07. The molecule has 0 heterocycles. The molecule has 0 saturated carbocycles. The van der Waals surface area contributed by atoms with E-state index < -0.39 is 109 Å². The number of rotatable bonds is 24. The molecule has 0 rings (SSSR count). The molecular formula is C33H61N9O10. The fourth-order valence-corrected chi connectivity index (χ4v) is 4.66. The number of hydrogen-bond donors (Lipinski definition) is 11. The highest BCUT2D eigenvalue weighted by Gasteiger charge is 2.34. The van der Waals surface area contributed by atoms with Gasteiger partial charge in [0.1, 0.15) is 30.2 Å². The normalized spacial score (nSPS) is 15.3. The van der Waals surface area contributed by atoms with Crippen LogP contribution < -0.4 is 48.7 Å². The maximum absolute atomic E-state index is 13.1. The van der Waals surface area contributed by atoms with E-state index in [1.54, 1.807) is 41.5 Å². The van der Waals surface area contributed by atoms with Crippen molar-refractivity contribution < 1.29 is 48.6 Å². The van der Waals surface area contributed by atoms with Crippen molar-refractivity contribution in [2.45, 2.75) is 123 Å². The number of unbranched alkanes of at least 4 members (excludes halogenated alkanes) is 1. The zero-order valence-electron chi connectivity index (χ0n) is 31.5. The standard InChI is InChI=1S/C33H61N9O10/c1-16(2)13-22(29(47)37-15-23(44)39-21(33(51)52)11-9-10-12-34)40-24(45)14-36-28(46)19(7)38-31(49)26(18(5)6)41-32(50)27(20(8)43)42-30(48)25(35)17(3)4/h16-22,25-27,43H,9-15,34-35H2,1-8H3,(H,36,46)(H,37,47)(H,38,49)(H,39,44)(H,40,45)(H,41,50)(H,42,48)(H,51,52)/t19-,20+,21-,22-,25-,26-,27-/m0/s1. The van der Waals surface area contributed by atoms with Crippen molar-refractivity contribution in [3.63, 3.8) is 0 Å². The second-order valence-electron chi connectivity index (χ2n) is 13.9. The van der Waals surface area contributed by atoms with Gasteiger partial charge in [-0.3, -0.25) is 33.6 Å². The molecule has 0 aromatic heterocycles. The van der Waals surface area contributed by atoms with Crippen molar-refractivity contribution in [3.05, 3.63) is 0 Å². The van der Waals surface area contributed by atoms with Crippen molar-refractivity contribution in [2.24, 2.45) is 29.2 Å². The molecule has 0 radical (unpaired) electrons. The Labute approximate surface area is 305 Å². The topological polar surface area (TPSA) is 313 Å². The van der Waals surface area contributed by atoms with Crippen LogP contribution >= 0.6 is 0 Å². The Balaban J connectivity index is 5.25. The van der Waals surface area contributed by atoms with Crippen molar-refractivity contribution in [1.29, 1.82) is 0 Å². The third-order valence-corrected chi connectivity index (χ3v) is 7.87. The summed E-state index contributed by atoms with van der Waals surface area (Å²) in [6.45, 7) is 12.2. The number of carboxylic acid groups (broad SMARTS) is 1. The van der Waals surface area contributed by atoms with E-state index in [0.29, 0.717) is 19.4 Å². The van der Waals surface area contributed by atoms with Crippen LogP contribution in [0, 0.1) is 17.8 Å². The molecule has 0 spiro atoms. The van der Waals surface area contributed by atoms with Gasteiger partial charge in [0.2, 0.25) is 41.4 Å². The van der Waals surface area contributed by atoms with Crippen LogP contribution in [0.1, 0.15) is 81.1 Å². The predicted octanol–water partition coefficient (Wildman–Crippen LogP) is -3.06. The minimum absolute atomic E-state index is 0.0622. The summed E-state index contributed by atoms with van der Waals surface area (Å²) in [6.07, 6.45) is 0.102. The third kappa shape index (κ3) is 18.2. The summed E-state index contributed by atoms with van der Waals surface area (Å²) in [4.78, 5) is 101. The zero-order chi connectivity index (χ0) is 40.3. The molecule has 7 amide bonds. The molecule has 0 aromatic rings. The van der Waals surface area contributed by atoms with Gasteiger partial charge in [-0.15, -0.1) is 0 Å². The summed E-state index contributed by atoms with van der Waals surface area (Å²) in [5.74, 6) is -7.17. The molecule has 52 heavy (non-hydrogen) atoms. The Morgan fingerprint density at radius 3 is 1.56 bits per heavy atom. The van der Waals surface area contributed by atoms with Gasteiger partial charge in [0.15, 0.2) is 0 Å². The zero-order valence-corrected chi connectivity index (χ0v) is 31.5. The summed E-state index contributed by atoms with van der Waals surface area (Å²) in [6, 6.07) is -6.93. The van der Waals surface area contributed by atoms with Crippen molar-refractivity contribution >= 4 is 47.3 Å². The number of carbonyl (C=O) groups is 8. The molecule has 0 aliphatic heterocycles. The largest absolute Gasteiger partial charge is 0.480 e. The minimum Gasteiger partial charge on any atom is -0.480 e. The molecule has 19 nitrogen and oxygen atoms in total. The average Bonchev–Trinajstić information content (AvgIpc) is 3.05. The Kier molecular flexibility index (Phi) is 22.0. The summed E-state index contributed by atoms with van der Waals surface area (Å²) in [5, 5.41) is 36.5. The van der Waals surface area contributed by atoms with Gasteiger partial charge in [0, 0.05) is 0 Å². The molecule has 0 bridgehead atoms. The molecule has 13 N–H and O–H groups in total. The van der Waals surface area contributed by atoms with Gasteiger partial charge < -0.3 is 58.9 Å². The predicted molar refractivity (Wildman–Crippen MR) is 191 cm³/mol. The van der Waals surface area contributed by atoms with Crippen LogP contribution in [0.5, 0.6) is 0 Å². The number of hydrogen-bond acceptors (Lipinski definition) is 11. The summed E-state index contributed by atoms with van der Waals surface area (Å²) >= 11 is 0. The van der Waals surface area contributed by atoms with Crippen LogP contribution in [0.25, 0.3) is 0 Å². The highest BCUT2D eigenvalue weighted by atomic mass is 16.4. The number of aliphatic carboxylic acids is 1. The van der Waals surface area contributed by atoms with E-state index in [1.807, 2.05) is 0 Å². The van der Waals surface area contributed by atoms with E-state index in [-0.39, 0.29) is 24.7 Å². The van der Waals surface area contributed by atoms with Crippen LogP contribution in [0.15, 0.2) is 0 Å². The first-order valence-corrected chi connectivity index (χ1v) is 17.5. The lowest BCUT2D eigenvalue weighted by molar-refractivity contribution is -0.142. The maximum atomic E-state index is 13.1. The monoisotopic (exact) mass is 743 g/mol. The van der Waals surface area contributed by atoms with Gasteiger partial charge in [-0.1, -0.05) is 41.5 Å². The van der Waals surface area contributed by atoms with E-state index in [9.17, 15) is 48.6 Å². The van der Waals surface area contributed by atoms with Gasteiger partial charge in [-0.2, -0.15) is 0 Å². The van der Waals surface area contributed by atoms with Crippen molar-refractivity contribution in [2.75, 3.05) is 19.6 Å². The lowest BCUT2D eigenvalue weighted by atomic mass is 10.0. The van der Waals surface area contributed by atoms with E-state index >= 15 is 0 Å². The van der Waals surface area contributed by atoms with Gasteiger partial charge in [-0.05, 0) is 63.8 Å². The van der Waals surface area contributed by atoms with Crippen molar-refractivity contribution in [3.8, 4) is 0 Å². The van der Waals surface area contributed by atoms with Crippen LogP contribution in [-0.2, 0) is 38.4 Å². The fraction of sp³-hybridized carbons (Fsp3) is 0.758. The van der Waals surface area contributed by atoms with E-state index in [0.717, 1.165) is 0 Å². The summed E-state index contributed by atoms with van der Waals surface area (Å²) < 4.78 is 0. The van der Waals surface area contributed by atoms with E-state index in [1.165, 1.54) is 13.8 Å². The van der Waals surface area contributed by atoms with Crippen LogP contribution in [0.2, 0.25) is 0 Å². The first-order chi connectivity index (χ1) is 24.1. The SMILES string of the molecule is CC(C)C[C@H](NC(=O)CNC(=O)[C@H](C)NC(=O)[C@@H](NC(=O)[C@@H](NC(=O)[C@@H](N)C(C)C)[C@@H](C)O)C(C)C)C(=O)NCC(=O)N[C@@H](CCCCN)C(=O)O. The third-order valence-electron chi connectivity index (χ3n) is 7.87. The lowest BCUT2D eigenvalue weighted by Gasteiger charge is -2.28. The van der Waals surface area contributed by atoms with Crippen molar-refractivity contribution in [1.82, 2.24) is 37.2 Å². The van der Waals surface area contributed by atoms with Gasteiger partial charge in [-0.25, -0.2) is 4.79 Å². The van der Waals surface area contributed by atoms with Crippen LogP contribution in [0.4, 0.5) is 0 Å². The number of nitrogens with two attached hydrogens (primary N) is 2. The van der Waals surface area contributed by atoms with Gasteiger partial charge >= 0.3 is 5.97 Å². The quantitative estimate of drug-likeness (QED) is 0.0439. The second kappa shape index (κ2) is 24.0. The van der Waals surface area contributed by atoms with Crippen LogP contribution in [0.3, 0.4) is 0 Å². The number of aliphatic hydroxyl groups excluding tert-OH is 1. The van der Waals surface area contributed by atoms with Gasteiger partial charge in [0.25, 0.3) is 0 Å². The summed E-state index contributed by atoms with van der Waals surface area (Å²) in [7, 11) is 0. The Morgan fingerprint density at radius 1 is 0.596 bits per heavy atom. The molecule has 0 fully saturated rings. The lowest BCUT2D eigenvalue weighted by Crippen LogP contribution is -2.61. The second-order valence-corrected chi connectivity index (χ2v) is 13.9. The molecule has 0 saturated heterocycles. The number of amides is 7. The van der Waals surface area contributed by atoms with Crippen LogP contribution in [-0.4, -0.2) is 120 Å². The van der Waals surface area contributed by atoms with E-state index in [2.05, 4.69) is 37.2 Å². The Bertz CT molecular complexity index is 1230. The molecule has 298 valence electrons. The number of carbonyl (C=O) groups excluding carboxylic acids is 7. The molecule has 0 aromatic carbocycles. The van der Waals surface area contributed by atoms with E-state index in [4.69, 9.17) is 11.5 Å². The molecule has 19 heteroatoms. The first-order valence-electron chi connectivity index (χ1n) is 17.5. The highest BCUT2D eigenvalue weighted by molar-refractivity contribution is 5.96. The number of aliphatic hydroxyl groups is 1. The smallest absolute Gasteiger partial charge is 0.326 e. The Hall–Kier alpha value is -4.36. The summed E-state index contributed by atoms with van der Waals surface area (Å²) in [5.41, 5.74) is 11.3. The number of carboxylic acids is 1. The fourth-order valence-electron chi connectivity index (χ4n) is 4.66. The molecule has 0 unspecified atom stereocenters. The average molecular weight is 744 g/mol. The molecule has 0 aliphatic carbocycles. The number of nitrogens with one attached hydrogen (secondary N) is 7. The first kappa shape index (κ1) is 47.6. The molecular weight excluding hydrogens is 682 g/mol. The minimum atomic E-state index is -1.41. The maximum Gasteiger partial charge on any atom is 0.326 e. The molecule has 0 aliphatic rings. The molecule has 7 atom stereocenters.